The number of furan rings is 1. The molecule has 3 N–H and O–H groups in total. The summed E-state index contributed by atoms with van der Waals surface area (Å²) in [7, 11) is 0. The van der Waals surface area contributed by atoms with Crippen LogP contribution >= 0.6 is 0 Å². The molecule has 6 heteroatoms. The Hall–Kier alpha value is -2.31. The number of anilines is 1. The van der Waals surface area contributed by atoms with E-state index in [0.29, 0.717) is 36.9 Å². The van der Waals surface area contributed by atoms with E-state index in [1.54, 1.807) is 6.07 Å². The molecule has 1 aliphatic heterocycles. The lowest BCUT2D eigenvalue weighted by atomic mass is 9.97. The number of piperidine rings is 1. The van der Waals surface area contributed by atoms with Crippen LogP contribution < -0.4 is 5.32 Å². The lowest BCUT2D eigenvalue weighted by Gasteiger charge is -2.31. The average molecular weight is 344 g/mol. The maximum atomic E-state index is 12.7. The number of nitrogens with zero attached hydrogens (tertiary/aromatic N) is 1. The van der Waals surface area contributed by atoms with Gasteiger partial charge < -0.3 is 24.8 Å². The molecule has 3 rings (SSSR count). The van der Waals surface area contributed by atoms with Crippen molar-refractivity contribution in [2.75, 3.05) is 25.0 Å². The van der Waals surface area contributed by atoms with Gasteiger partial charge in [-0.3, -0.25) is 4.79 Å². The SMILES string of the molecule is O=C(c1cccc(NCc2ccc(CO)o2)c1)N1CCC(CO)CC1. The van der Waals surface area contributed by atoms with E-state index in [2.05, 4.69) is 5.32 Å². The molecule has 1 amide bonds. The molecule has 1 fully saturated rings. The standard InChI is InChI=1S/C19H24N2O4/c22-12-14-6-8-21(9-7-14)19(24)15-2-1-3-16(10-15)20-11-17-4-5-18(13-23)25-17/h1-5,10,14,20,22-23H,6-9,11-13H2. The number of aliphatic hydroxyl groups excluding tert-OH is 2. The Morgan fingerprint density at radius 3 is 2.60 bits per heavy atom. The number of likely N-dealkylation sites (tertiary alicyclic amines) is 1. The van der Waals surface area contributed by atoms with E-state index in [-0.39, 0.29) is 19.1 Å². The predicted octanol–water partition coefficient (Wildman–Crippen LogP) is 2.23. The van der Waals surface area contributed by atoms with E-state index in [1.165, 1.54) is 0 Å². The zero-order valence-electron chi connectivity index (χ0n) is 14.1. The largest absolute Gasteiger partial charge is 0.462 e. The van der Waals surface area contributed by atoms with E-state index in [0.717, 1.165) is 24.3 Å². The third kappa shape index (κ3) is 4.41. The van der Waals surface area contributed by atoms with Gasteiger partial charge in [-0.25, -0.2) is 0 Å². The summed E-state index contributed by atoms with van der Waals surface area (Å²) in [5, 5.41) is 21.5. The van der Waals surface area contributed by atoms with Crippen LogP contribution in [0.1, 0.15) is 34.7 Å². The Balaban J connectivity index is 1.59. The Labute approximate surface area is 147 Å². The van der Waals surface area contributed by atoms with Gasteiger partial charge in [0.25, 0.3) is 5.91 Å². The lowest BCUT2D eigenvalue weighted by molar-refractivity contribution is 0.0651. The molecule has 1 aromatic carbocycles. The molecule has 25 heavy (non-hydrogen) atoms. The molecule has 0 aliphatic carbocycles. The number of benzene rings is 1. The van der Waals surface area contributed by atoms with Crippen molar-refractivity contribution in [2.45, 2.75) is 26.0 Å². The summed E-state index contributed by atoms with van der Waals surface area (Å²) in [5.74, 6) is 1.61. The molecule has 0 saturated carbocycles. The zero-order chi connectivity index (χ0) is 17.6. The maximum Gasteiger partial charge on any atom is 0.253 e. The van der Waals surface area contributed by atoms with Gasteiger partial charge in [0.15, 0.2) is 0 Å². The number of nitrogens with one attached hydrogen (secondary N) is 1. The molecule has 1 saturated heterocycles. The van der Waals surface area contributed by atoms with Gasteiger partial charge in [-0.15, -0.1) is 0 Å². The predicted molar refractivity (Wildman–Crippen MR) is 94.1 cm³/mol. The van der Waals surface area contributed by atoms with Crippen molar-refractivity contribution < 1.29 is 19.4 Å². The van der Waals surface area contributed by atoms with Crippen LogP contribution in [0.3, 0.4) is 0 Å². The number of amides is 1. The molecule has 0 spiro atoms. The Bertz CT molecular complexity index is 705. The van der Waals surface area contributed by atoms with Crippen molar-refractivity contribution in [3.05, 3.63) is 53.5 Å². The second-order valence-electron chi connectivity index (χ2n) is 6.38. The van der Waals surface area contributed by atoms with Crippen molar-refractivity contribution in [1.29, 1.82) is 0 Å². The number of hydrogen-bond donors (Lipinski definition) is 3. The monoisotopic (exact) mass is 344 g/mol. The fourth-order valence-corrected chi connectivity index (χ4v) is 3.05. The highest BCUT2D eigenvalue weighted by Gasteiger charge is 2.23. The van der Waals surface area contributed by atoms with E-state index in [9.17, 15) is 9.90 Å². The summed E-state index contributed by atoms with van der Waals surface area (Å²) in [5.41, 5.74) is 1.50. The first-order valence-electron chi connectivity index (χ1n) is 8.62. The highest BCUT2D eigenvalue weighted by molar-refractivity contribution is 5.95. The van der Waals surface area contributed by atoms with Gasteiger partial charge in [0.1, 0.15) is 18.1 Å². The summed E-state index contributed by atoms with van der Waals surface area (Å²) >= 11 is 0. The minimum absolute atomic E-state index is 0.0283. The molecule has 1 aliphatic rings. The summed E-state index contributed by atoms with van der Waals surface area (Å²) in [4.78, 5) is 14.5. The number of carbonyl (C=O) groups is 1. The van der Waals surface area contributed by atoms with Crippen LogP contribution in [0.4, 0.5) is 5.69 Å². The summed E-state index contributed by atoms with van der Waals surface area (Å²) in [6.07, 6.45) is 1.71. The molecule has 1 aromatic heterocycles. The van der Waals surface area contributed by atoms with Crippen LogP contribution in [0.25, 0.3) is 0 Å². The fourth-order valence-electron chi connectivity index (χ4n) is 3.05. The van der Waals surface area contributed by atoms with Gasteiger partial charge in [0.2, 0.25) is 0 Å². The third-order valence-corrected chi connectivity index (χ3v) is 4.61. The van der Waals surface area contributed by atoms with E-state index >= 15 is 0 Å². The van der Waals surface area contributed by atoms with E-state index < -0.39 is 0 Å². The minimum Gasteiger partial charge on any atom is -0.462 e. The van der Waals surface area contributed by atoms with Gasteiger partial charge in [-0.05, 0) is 49.1 Å². The first kappa shape index (κ1) is 17.5. The number of rotatable bonds is 6. The van der Waals surface area contributed by atoms with Gasteiger partial charge in [0.05, 0.1) is 6.54 Å². The van der Waals surface area contributed by atoms with Crippen LogP contribution in [0.5, 0.6) is 0 Å². The first-order chi connectivity index (χ1) is 12.2. The van der Waals surface area contributed by atoms with Crippen LogP contribution in [-0.4, -0.2) is 40.7 Å². The number of aliphatic hydroxyl groups is 2. The average Bonchev–Trinajstić information content (AvgIpc) is 3.14. The van der Waals surface area contributed by atoms with Crippen LogP contribution in [0.15, 0.2) is 40.8 Å². The zero-order valence-corrected chi connectivity index (χ0v) is 14.1. The topological polar surface area (TPSA) is 85.9 Å². The van der Waals surface area contributed by atoms with Gasteiger partial charge >= 0.3 is 0 Å². The summed E-state index contributed by atoms with van der Waals surface area (Å²) < 4.78 is 5.44. The van der Waals surface area contributed by atoms with Crippen LogP contribution in [0.2, 0.25) is 0 Å². The molecule has 134 valence electrons. The molecular weight excluding hydrogens is 320 g/mol. The summed E-state index contributed by atoms with van der Waals surface area (Å²) in [6.45, 7) is 1.96. The van der Waals surface area contributed by atoms with Crippen LogP contribution in [-0.2, 0) is 13.2 Å². The van der Waals surface area contributed by atoms with Crippen molar-refractivity contribution in [3.8, 4) is 0 Å². The Kier molecular flexibility index (Phi) is 5.73. The van der Waals surface area contributed by atoms with Crippen molar-refractivity contribution in [1.82, 2.24) is 4.90 Å². The van der Waals surface area contributed by atoms with Crippen molar-refractivity contribution in [2.24, 2.45) is 5.92 Å². The minimum atomic E-state index is -0.114. The molecule has 6 nitrogen and oxygen atoms in total. The normalized spacial score (nSPS) is 15.4. The molecular formula is C19H24N2O4. The van der Waals surface area contributed by atoms with Crippen molar-refractivity contribution >= 4 is 11.6 Å². The molecule has 2 heterocycles. The van der Waals surface area contributed by atoms with Crippen molar-refractivity contribution in [3.63, 3.8) is 0 Å². The number of hydrogen-bond acceptors (Lipinski definition) is 5. The Morgan fingerprint density at radius 1 is 1.16 bits per heavy atom. The van der Waals surface area contributed by atoms with E-state index in [1.807, 2.05) is 35.2 Å². The lowest BCUT2D eigenvalue weighted by Crippen LogP contribution is -2.39. The first-order valence-corrected chi connectivity index (χ1v) is 8.62. The molecule has 0 atom stereocenters. The highest BCUT2D eigenvalue weighted by Crippen LogP contribution is 2.20. The molecule has 0 radical (unpaired) electrons. The van der Waals surface area contributed by atoms with Gasteiger partial charge in [-0.2, -0.15) is 0 Å². The quantitative estimate of drug-likeness (QED) is 0.748. The second-order valence-corrected chi connectivity index (χ2v) is 6.38. The number of carbonyl (C=O) groups excluding carboxylic acids is 1. The van der Waals surface area contributed by atoms with Crippen LogP contribution in [0, 0.1) is 5.92 Å². The van der Waals surface area contributed by atoms with Gasteiger partial charge in [0, 0.05) is 30.9 Å². The Morgan fingerprint density at radius 2 is 1.92 bits per heavy atom. The molecule has 0 unspecified atom stereocenters. The van der Waals surface area contributed by atoms with Gasteiger partial charge in [-0.1, -0.05) is 6.07 Å². The molecule has 0 bridgehead atoms. The fraction of sp³-hybridized carbons (Fsp3) is 0.421. The summed E-state index contributed by atoms with van der Waals surface area (Å²) in [6, 6.07) is 11.0. The smallest absolute Gasteiger partial charge is 0.253 e. The van der Waals surface area contributed by atoms with E-state index in [4.69, 9.17) is 9.52 Å². The second kappa shape index (κ2) is 8.18. The third-order valence-electron chi connectivity index (χ3n) is 4.61. The maximum absolute atomic E-state index is 12.7. The molecule has 2 aromatic rings. The highest BCUT2D eigenvalue weighted by atomic mass is 16.4.